The van der Waals surface area contributed by atoms with Gasteiger partial charge in [-0.25, -0.2) is 8.42 Å². The van der Waals surface area contributed by atoms with E-state index >= 15 is 0 Å². The third-order valence-electron chi connectivity index (χ3n) is 6.27. The van der Waals surface area contributed by atoms with Crippen LogP contribution in [-0.2, 0) is 28.0 Å². The normalized spacial score (nSPS) is 13.4. The van der Waals surface area contributed by atoms with Gasteiger partial charge in [0, 0.05) is 11.7 Å². The van der Waals surface area contributed by atoms with Gasteiger partial charge in [-0.15, -0.1) is 9.19 Å². The van der Waals surface area contributed by atoms with Crippen molar-refractivity contribution in [3.63, 3.8) is 0 Å². The summed E-state index contributed by atoms with van der Waals surface area (Å²) in [5, 5.41) is 9.23. The quantitative estimate of drug-likeness (QED) is 0.242. The molecule has 0 aliphatic rings. The molecule has 1 atom stereocenters. The van der Waals surface area contributed by atoms with Crippen molar-refractivity contribution >= 4 is 49.5 Å². The van der Waals surface area contributed by atoms with Crippen molar-refractivity contribution in [2.75, 3.05) is 5.75 Å². The highest BCUT2D eigenvalue weighted by Crippen LogP contribution is 2.58. The summed E-state index contributed by atoms with van der Waals surface area (Å²) in [4.78, 5) is 0. The smallest absolute Gasteiger partial charge is 0.205 e. The van der Waals surface area contributed by atoms with Crippen LogP contribution in [0.25, 0.3) is 11.0 Å². The van der Waals surface area contributed by atoms with Gasteiger partial charge in [0.2, 0.25) is 0 Å². The minimum Gasteiger partial charge on any atom is -0.205 e. The number of aromatic nitrogens is 3. The Morgan fingerprint density at radius 3 is 2.00 bits per heavy atom. The minimum absolute atomic E-state index is 0.198. The molecule has 5 nitrogen and oxygen atoms in total. The molecule has 0 saturated carbocycles. The molecule has 4 aromatic carbocycles. The second kappa shape index (κ2) is 10.1. The van der Waals surface area contributed by atoms with E-state index in [-0.39, 0.29) is 11.1 Å². The number of nitrogens with zero attached hydrogens (tertiary/aromatic N) is 3. The van der Waals surface area contributed by atoms with Crippen LogP contribution in [0.3, 0.4) is 0 Å². The van der Waals surface area contributed by atoms with Gasteiger partial charge in [-0.05, 0) is 34.4 Å². The van der Waals surface area contributed by atoms with E-state index < -0.39 is 39.2 Å². The van der Waals surface area contributed by atoms with Gasteiger partial charge in [0.05, 0.1) is 11.3 Å². The summed E-state index contributed by atoms with van der Waals surface area (Å²) in [6.07, 6.45) is -4.61. The van der Waals surface area contributed by atoms with Crippen molar-refractivity contribution in [3.8, 4) is 0 Å². The highest BCUT2D eigenvalue weighted by molar-refractivity contribution is 8.22. The largest absolute Gasteiger partial charge is 0.416 e. The van der Waals surface area contributed by atoms with E-state index in [1.54, 1.807) is 48.5 Å². The first-order valence-electron chi connectivity index (χ1n) is 11.5. The van der Waals surface area contributed by atoms with Gasteiger partial charge in [0.15, 0.2) is 0 Å². The van der Waals surface area contributed by atoms with Gasteiger partial charge < -0.3 is 0 Å². The number of halogens is 3. The Morgan fingerprint density at radius 1 is 0.816 bits per heavy atom. The molecule has 0 saturated heterocycles. The van der Waals surface area contributed by atoms with E-state index in [9.17, 15) is 21.6 Å². The Hall–Kier alpha value is -3.33. The zero-order valence-electron chi connectivity index (χ0n) is 19.7. The Labute approximate surface area is 223 Å². The molecular formula is C27H21F3N3O2PS2. The number of benzene rings is 4. The maximum atomic E-state index is 13.9. The lowest BCUT2D eigenvalue weighted by Gasteiger charge is -2.33. The minimum atomic E-state index is -4.61. The van der Waals surface area contributed by atoms with Crippen molar-refractivity contribution < 1.29 is 21.6 Å². The molecule has 38 heavy (non-hydrogen) atoms. The van der Waals surface area contributed by atoms with Gasteiger partial charge in [-0.2, -0.15) is 13.2 Å². The molecule has 11 heteroatoms. The fourth-order valence-electron chi connectivity index (χ4n) is 4.46. The van der Waals surface area contributed by atoms with Crippen LogP contribution in [-0.4, -0.2) is 28.6 Å². The highest BCUT2D eigenvalue weighted by Gasteiger charge is 2.39. The average molecular weight is 572 g/mol. The molecule has 0 N–H and O–H groups in total. The number of hydrogen-bond donors (Lipinski definition) is 0. The summed E-state index contributed by atoms with van der Waals surface area (Å²) in [5.41, 5.74) is -0.993. The van der Waals surface area contributed by atoms with Crippen LogP contribution in [0.2, 0.25) is 0 Å². The number of alkyl halides is 3. The summed E-state index contributed by atoms with van der Waals surface area (Å²) in [6, 6.07) is 26.4. The number of rotatable bonds is 7. The van der Waals surface area contributed by atoms with Crippen LogP contribution < -0.4 is 10.6 Å². The maximum absolute atomic E-state index is 13.9. The maximum Gasteiger partial charge on any atom is 0.416 e. The molecule has 0 aliphatic heterocycles. The van der Waals surface area contributed by atoms with E-state index in [1.807, 2.05) is 36.4 Å². The van der Waals surface area contributed by atoms with Crippen molar-refractivity contribution in [2.45, 2.75) is 11.8 Å². The zero-order valence-corrected chi connectivity index (χ0v) is 22.3. The lowest BCUT2D eigenvalue weighted by atomic mass is 10.1. The summed E-state index contributed by atoms with van der Waals surface area (Å²) in [5.74, 6) is -0.567. The molecule has 0 aliphatic carbocycles. The Kier molecular flexibility index (Phi) is 6.98. The van der Waals surface area contributed by atoms with Crippen LogP contribution >= 0.6 is 6.04 Å². The van der Waals surface area contributed by atoms with Gasteiger partial charge in [-0.3, -0.25) is 0 Å². The van der Waals surface area contributed by atoms with Crippen LogP contribution in [0.4, 0.5) is 13.2 Å². The third kappa shape index (κ3) is 4.91. The van der Waals surface area contributed by atoms with E-state index in [0.29, 0.717) is 16.1 Å². The van der Waals surface area contributed by atoms with E-state index in [2.05, 4.69) is 10.3 Å². The van der Waals surface area contributed by atoms with Crippen molar-refractivity contribution in [2.24, 2.45) is 0 Å². The Balaban J connectivity index is 1.76. The summed E-state index contributed by atoms with van der Waals surface area (Å²) in [6.45, 7) is 0. The lowest BCUT2D eigenvalue weighted by molar-refractivity contribution is -0.137. The SMILES string of the molecule is O=S(=O)(C[C@@H](c1cccc(C(F)(F)F)c1)P(=S)(c1ccccc1)c1ccccc1)n1nnc2ccccc21. The Bertz CT molecular complexity index is 1700. The lowest BCUT2D eigenvalue weighted by Crippen LogP contribution is -2.29. The summed E-state index contributed by atoms with van der Waals surface area (Å²) in [7, 11) is -4.22. The second-order valence-corrected chi connectivity index (χ2v) is 15.2. The first kappa shape index (κ1) is 26.3. The van der Waals surface area contributed by atoms with Crippen LogP contribution in [0.1, 0.15) is 16.8 Å². The van der Waals surface area contributed by atoms with Crippen molar-refractivity contribution in [1.82, 2.24) is 14.4 Å². The predicted molar refractivity (Wildman–Crippen MR) is 147 cm³/mol. The molecule has 0 bridgehead atoms. The fourth-order valence-corrected chi connectivity index (χ4v) is 11.7. The first-order valence-corrected chi connectivity index (χ1v) is 16.0. The van der Waals surface area contributed by atoms with Gasteiger partial charge in [0.1, 0.15) is 11.0 Å². The second-order valence-electron chi connectivity index (χ2n) is 8.67. The molecule has 0 amide bonds. The molecule has 0 unspecified atom stereocenters. The first-order chi connectivity index (χ1) is 18.1. The van der Waals surface area contributed by atoms with Gasteiger partial charge >= 0.3 is 6.18 Å². The molecular weight excluding hydrogens is 550 g/mol. The number of fused-ring (bicyclic) bond motifs is 1. The van der Waals surface area contributed by atoms with Crippen molar-refractivity contribution in [1.29, 1.82) is 0 Å². The molecule has 0 spiro atoms. The topological polar surface area (TPSA) is 64.8 Å². The number of para-hydroxylation sites is 1. The molecule has 0 fully saturated rings. The van der Waals surface area contributed by atoms with E-state index in [0.717, 1.165) is 16.2 Å². The van der Waals surface area contributed by atoms with Crippen LogP contribution in [0.5, 0.6) is 0 Å². The fraction of sp³-hybridized carbons (Fsp3) is 0.111. The standard InChI is InChI=1S/C27H21F3N3O2PS2/c28-27(29,30)21-11-9-10-20(18-21)26(19-38(34,35)33-25-17-8-7-16-24(25)31-32-33)36(37,22-12-3-1-4-13-22)23-14-5-2-6-15-23/h1-18,26H,19H2/t26-/m0/s1. The van der Waals surface area contributed by atoms with Crippen LogP contribution in [0.15, 0.2) is 109 Å². The molecule has 5 aromatic rings. The Morgan fingerprint density at radius 2 is 1.39 bits per heavy atom. The highest BCUT2D eigenvalue weighted by atomic mass is 32.4. The average Bonchev–Trinajstić information content (AvgIpc) is 3.37. The van der Waals surface area contributed by atoms with Gasteiger partial charge in [0.25, 0.3) is 10.0 Å². The predicted octanol–water partition coefficient (Wildman–Crippen LogP) is 5.50. The zero-order chi connectivity index (χ0) is 27.0. The molecule has 0 radical (unpaired) electrons. The summed E-state index contributed by atoms with van der Waals surface area (Å²) >= 11 is 6.39. The molecule has 194 valence electrons. The van der Waals surface area contributed by atoms with Crippen molar-refractivity contribution in [3.05, 3.63) is 120 Å². The van der Waals surface area contributed by atoms with E-state index in [4.69, 9.17) is 11.8 Å². The number of hydrogen-bond acceptors (Lipinski definition) is 5. The van der Waals surface area contributed by atoms with Gasteiger partial charge in [-0.1, -0.05) is 108 Å². The molecule has 5 rings (SSSR count). The summed E-state index contributed by atoms with van der Waals surface area (Å²) < 4.78 is 69.9. The third-order valence-corrected chi connectivity index (χ3v) is 13.6. The monoisotopic (exact) mass is 571 g/mol. The molecule has 1 aromatic heterocycles. The van der Waals surface area contributed by atoms with E-state index in [1.165, 1.54) is 12.1 Å². The molecule has 1 heterocycles. The van der Waals surface area contributed by atoms with Crippen LogP contribution in [0, 0.1) is 0 Å².